The van der Waals surface area contributed by atoms with Crippen molar-refractivity contribution in [3.8, 4) is 0 Å². The molecule has 0 spiro atoms. The minimum atomic E-state index is -4.42. The summed E-state index contributed by atoms with van der Waals surface area (Å²) in [5.74, 6) is 0.263. The molecule has 3 unspecified atom stereocenters. The average molecular weight is 564 g/mol. The normalized spacial score (nSPS) is 20.2. The van der Waals surface area contributed by atoms with Crippen molar-refractivity contribution < 1.29 is 23.1 Å². The molecular formula is C31H32F3N5O2. The number of alkyl halides is 3. The van der Waals surface area contributed by atoms with E-state index >= 15 is 0 Å². The number of aromatic carboxylic acids is 1. The zero-order chi connectivity index (χ0) is 28.7. The standard InChI is InChI=1S/C31H32F3N5O2/c1-18(20-9-5-10-20)35-26-25-27(37-28(36-26)30(40)41)38-29(24-12-6-11-23(24)21-7-3-2-4-8-21)39(25)17-19-13-15-22(16-14-19)31(32,33)34/h2-4,7-8,13-16,18,20,23-24H,5-6,9-12,17H2,1H3,(H,40,41)(H,35,36,37). The number of aromatic nitrogens is 4. The zero-order valence-electron chi connectivity index (χ0n) is 22.7. The Balaban J connectivity index is 1.50. The minimum Gasteiger partial charge on any atom is -0.475 e. The summed E-state index contributed by atoms with van der Waals surface area (Å²) in [4.78, 5) is 25.7. The van der Waals surface area contributed by atoms with E-state index < -0.39 is 17.7 Å². The van der Waals surface area contributed by atoms with Crippen LogP contribution < -0.4 is 5.32 Å². The molecule has 0 aliphatic heterocycles. The fraction of sp³-hybridized carbons (Fsp3) is 0.419. The van der Waals surface area contributed by atoms with Gasteiger partial charge in [0, 0.05) is 18.5 Å². The third-order valence-corrected chi connectivity index (χ3v) is 8.74. The van der Waals surface area contributed by atoms with E-state index in [1.807, 2.05) is 22.8 Å². The summed E-state index contributed by atoms with van der Waals surface area (Å²) in [5, 5.41) is 13.3. The summed E-state index contributed by atoms with van der Waals surface area (Å²) in [6, 6.07) is 15.5. The van der Waals surface area contributed by atoms with Gasteiger partial charge in [-0.15, -0.1) is 0 Å². The number of benzene rings is 2. The molecule has 4 aromatic rings. The Morgan fingerprint density at radius 2 is 1.66 bits per heavy atom. The van der Waals surface area contributed by atoms with Crippen LogP contribution in [0.5, 0.6) is 0 Å². The van der Waals surface area contributed by atoms with Crippen LogP contribution in [-0.2, 0) is 12.7 Å². The molecule has 2 aliphatic carbocycles. The van der Waals surface area contributed by atoms with Crippen molar-refractivity contribution in [3.05, 3.63) is 82.9 Å². The number of rotatable bonds is 8. The van der Waals surface area contributed by atoms with E-state index in [0.717, 1.165) is 56.5 Å². The van der Waals surface area contributed by atoms with Gasteiger partial charge in [-0.2, -0.15) is 13.2 Å². The molecule has 2 aromatic carbocycles. The lowest BCUT2D eigenvalue weighted by molar-refractivity contribution is -0.137. The number of carbonyl (C=O) groups is 1. The number of hydrogen-bond donors (Lipinski definition) is 2. The van der Waals surface area contributed by atoms with Crippen LogP contribution in [0.1, 0.15) is 90.4 Å². The van der Waals surface area contributed by atoms with Crippen molar-refractivity contribution in [3.63, 3.8) is 0 Å². The number of hydrogen-bond acceptors (Lipinski definition) is 5. The van der Waals surface area contributed by atoms with Crippen LogP contribution in [0.15, 0.2) is 54.6 Å². The summed E-state index contributed by atoms with van der Waals surface area (Å²) in [5.41, 5.74) is 2.03. The molecule has 0 radical (unpaired) electrons. The molecule has 2 fully saturated rings. The van der Waals surface area contributed by atoms with Gasteiger partial charge in [0.15, 0.2) is 11.5 Å². The van der Waals surface area contributed by atoms with Crippen LogP contribution in [-0.4, -0.2) is 36.6 Å². The van der Waals surface area contributed by atoms with Crippen LogP contribution in [0.25, 0.3) is 11.2 Å². The van der Waals surface area contributed by atoms with Crippen molar-refractivity contribution in [2.45, 2.75) is 76.0 Å². The number of fused-ring (bicyclic) bond motifs is 1. The van der Waals surface area contributed by atoms with Gasteiger partial charge in [-0.05, 0) is 67.7 Å². The number of nitrogens with zero attached hydrogens (tertiary/aromatic N) is 4. The molecule has 6 rings (SSSR count). The van der Waals surface area contributed by atoms with Crippen molar-refractivity contribution >= 4 is 23.0 Å². The quantitative estimate of drug-likeness (QED) is 0.235. The van der Waals surface area contributed by atoms with Gasteiger partial charge >= 0.3 is 12.1 Å². The minimum absolute atomic E-state index is 0.0335. The predicted molar refractivity (Wildman–Crippen MR) is 149 cm³/mol. The molecule has 10 heteroatoms. The molecular weight excluding hydrogens is 531 g/mol. The average Bonchev–Trinajstić information content (AvgIpc) is 3.53. The maximum absolute atomic E-state index is 13.3. The summed E-state index contributed by atoms with van der Waals surface area (Å²) < 4.78 is 41.8. The summed E-state index contributed by atoms with van der Waals surface area (Å²) in [6.07, 6.45) is 1.78. The van der Waals surface area contributed by atoms with Gasteiger partial charge in [0.1, 0.15) is 11.3 Å². The van der Waals surface area contributed by atoms with Gasteiger partial charge < -0.3 is 15.0 Å². The molecule has 2 aliphatic rings. The Bertz CT molecular complexity index is 1550. The van der Waals surface area contributed by atoms with Crippen LogP contribution in [0.3, 0.4) is 0 Å². The SMILES string of the molecule is CC(Nc1nc(C(=O)O)nc2nc(C3CCCC3c3ccccc3)n(Cc3ccc(C(F)(F)F)cc3)c12)C1CCC1. The molecule has 2 saturated carbocycles. The smallest absolute Gasteiger partial charge is 0.416 e. The second kappa shape index (κ2) is 10.8. The third kappa shape index (κ3) is 5.39. The summed E-state index contributed by atoms with van der Waals surface area (Å²) >= 11 is 0. The lowest BCUT2D eigenvalue weighted by atomic mass is 9.80. The first-order valence-electron chi connectivity index (χ1n) is 14.2. The van der Waals surface area contributed by atoms with E-state index in [0.29, 0.717) is 22.8 Å². The highest BCUT2D eigenvalue weighted by molar-refractivity contribution is 5.91. The maximum Gasteiger partial charge on any atom is 0.416 e. The highest BCUT2D eigenvalue weighted by atomic mass is 19.4. The van der Waals surface area contributed by atoms with Crippen LogP contribution in [0, 0.1) is 5.92 Å². The van der Waals surface area contributed by atoms with Gasteiger partial charge in [-0.25, -0.2) is 19.7 Å². The summed E-state index contributed by atoms with van der Waals surface area (Å²) in [6.45, 7) is 2.32. The Labute approximate surface area is 235 Å². The van der Waals surface area contributed by atoms with E-state index in [9.17, 15) is 23.1 Å². The highest BCUT2D eigenvalue weighted by Crippen LogP contribution is 2.46. The van der Waals surface area contributed by atoms with Crippen molar-refractivity contribution in [1.82, 2.24) is 19.5 Å². The molecule has 3 atom stereocenters. The molecule has 0 bridgehead atoms. The van der Waals surface area contributed by atoms with Crippen LogP contribution in [0.4, 0.5) is 19.0 Å². The van der Waals surface area contributed by atoms with Gasteiger partial charge in [0.2, 0.25) is 5.82 Å². The van der Waals surface area contributed by atoms with E-state index in [4.69, 9.17) is 4.98 Å². The first-order valence-corrected chi connectivity index (χ1v) is 14.2. The van der Waals surface area contributed by atoms with E-state index in [-0.39, 0.29) is 35.9 Å². The Kier molecular flexibility index (Phi) is 7.17. The molecule has 41 heavy (non-hydrogen) atoms. The van der Waals surface area contributed by atoms with Crippen molar-refractivity contribution in [2.24, 2.45) is 5.92 Å². The van der Waals surface area contributed by atoms with Gasteiger partial charge in [0.05, 0.1) is 5.56 Å². The fourth-order valence-electron chi connectivity index (χ4n) is 6.32. The molecule has 2 N–H and O–H groups in total. The number of carboxylic acid groups (broad SMARTS) is 1. The van der Waals surface area contributed by atoms with Gasteiger partial charge in [0.25, 0.3) is 0 Å². The lowest BCUT2D eigenvalue weighted by Gasteiger charge is -2.32. The second-order valence-electron chi connectivity index (χ2n) is 11.3. The molecule has 2 aromatic heterocycles. The number of imidazole rings is 1. The largest absolute Gasteiger partial charge is 0.475 e. The fourth-order valence-corrected chi connectivity index (χ4v) is 6.32. The van der Waals surface area contributed by atoms with Crippen molar-refractivity contribution in [2.75, 3.05) is 5.32 Å². The Morgan fingerprint density at radius 1 is 0.976 bits per heavy atom. The number of carboxylic acids is 1. The van der Waals surface area contributed by atoms with Gasteiger partial charge in [-0.1, -0.05) is 55.3 Å². The Hall–Kier alpha value is -3.95. The first kappa shape index (κ1) is 27.2. The first-order chi connectivity index (χ1) is 19.7. The number of nitrogens with one attached hydrogen (secondary N) is 1. The third-order valence-electron chi connectivity index (χ3n) is 8.74. The molecule has 214 valence electrons. The number of halogens is 3. The molecule has 0 amide bonds. The Morgan fingerprint density at radius 3 is 2.29 bits per heavy atom. The topological polar surface area (TPSA) is 92.9 Å². The molecule has 2 heterocycles. The lowest BCUT2D eigenvalue weighted by Crippen LogP contribution is -2.31. The maximum atomic E-state index is 13.3. The van der Waals surface area contributed by atoms with E-state index in [1.165, 1.54) is 17.7 Å². The second-order valence-corrected chi connectivity index (χ2v) is 11.3. The highest BCUT2D eigenvalue weighted by Gasteiger charge is 2.36. The predicted octanol–water partition coefficient (Wildman–Crippen LogP) is 7.24. The van der Waals surface area contributed by atoms with Gasteiger partial charge in [-0.3, -0.25) is 0 Å². The summed E-state index contributed by atoms with van der Waals surface area (Å²) in [7, 11) is 0. The molecule has 0 saturated heterocycles. The monoisotopic (exact) mass is 563 g/mol. The van der Waals surface area contributed by atoms with Crippen LogP contribution in [0.2, 0.25) is 0 Å². The van der Waals surface area contributed by atoms with Crippen molar-refractivity contribution in [1.29, 1.82) is 0 Å². The van der Waals surface area contributed by atoms with E-state index in [2.05, 4.69) is 34.3 Å². The number of anilines is 1. The van der Waals surface area contributed by atoms with Crippen LogP contribution >= 0.6 is 0 Å². The molecule has 7 nitrogen and oxygen atoms in total. The zero-order valence-corrected chi connectivity index (χ0v) is 22.7. The van der Waals surface area contributed by atoms with E-state index in [1.54, 1.807) is 0 Å².